The Morgan fingerprint density at radius 3 is 2.55 bits per heavy atom. The first-order chi connectivity index (χ1) is 5.26. The highest BCUT2D eigenvalue weighted by molar-refractivity contribution is 4.91. The van der Waals surface area contributed by atoms with Gasteiger partial charge in [0.05, 0.1) is 0 Å². The van der Waals surface area contributed by atoms with Gasteiger partial charge >= 0.3 is 0 Å². The quantitative estimate of drug-likeness (QED) is 0.548. The highest BCUT2D eigenvalue weighted by Gasteiger charge is 2.04. The second-order valence-corrected chi connectivity index (χ2v) is 2.64. The molecule has 0 aromatic carbocycles. The van der Waals surface area contributed by atoms with Gasteiger partial charge in [-0.05, 0) is 20.4 Å². The fourth-order valence-electron chi connectivity index (χ4n) is 1.15. The minimum absolute atomic E-state index is 0.531. The predicted octanol–water partition coefficient (Wildman–Crippen LogP) is 2.46. The number of rotatable bonds is 5. The fraction of sp³-hybridized carbons (Fsp3) is 0.600. The van der Waals surface area contributed by atoms with Gasteiger partial charge in [0, 0.05) is 12.6 Å². The number of allylic oxidation sites excluding steroid dienone is 1. The summed E-state index contributed by atoms with van der Waals surface area (Å²) in [4.78, 5) is 2.35. The van der Waals surface area contributed by atoms with Gasteiger partial charge in [-0.3, -0.25) is 4.90 Å². The zero-order chi connectivity index (χ0) is 8.69. The van der Waals surface area contributed by atoms with Crippen molar-refractivity contribution in [2.45, 2.75) is 26.8 Å². The molecule has 0 aliphatic carbocycles. The number of likely N-dealkylation sites (N-methyl/N-ethyl adjacent to an activating group) is 1. The van der Waals surface area contributed by atoms with Crippen LogP contribution in [-0.4, -0.2) is 24.0 Å². The molecular formula is C10H19N. The van der Waals surface area contributed by atoms with E-state index in [0.29, 0.717) is 6.04 Å². The Balaban J connectivity index is 3.89. The molecule has 0 aliphatic rings. The highest BCUT2D eigenvalue weighted by Crippen LogP contribution is 1.99. The molecule has 1 nitrogen and oxygen atoms in total. The van der Waals surface area contributed by atoms with E-state index in [1.54, 1.807) is 0 Å². The standard InChI is InChI=1S/C10H19N/c1-5-8-10(4)11(7-3)9-6-2/h5-6,8,10H,2,7,9H2,1,3-4H3/b8-5-. The maximum absolute atomic E-state index is 3.73. The maximum atomic E-state index is 3.73. The van der Waals surface area contributed by atoms with Crippen LogP contribution < -0.4 is 0 Å². The van der Waals surface area contributed by atoms with E-state index in [0.717, 1.165) is 13.1 Å². The summed E-state index contributed by atoms with van der Waals surface area (Å²) in [6.07, 6.45) is 6.24. The zero-order valence-corrected chi connectivity index (χ0v) is 7.88. The smallest absolute Gasteiger partial charge is 0.0252 e. The van der Waals surface area contributed by atoms with Gasteiger partial charge in [-0.15, -0.1) is 6.58 Å². The van der Waals surface area contributed by atoms with Crippen molar-refractivity contribution < 1.29 is 0 Å². The average Bonchev–Trinajstić information content (AvgIpc) is 2.00. The summed E-state index contributed by atoms with van der Waals surface area (Å²) in [5.74, 6) is 0. The second-order valence-electron chi connectivity index (χ2n) is 2.64. The third-order valence-corrected chi connectivity index (χ3v) is 1.82. The Labute approximate surface area is 70.4 Å². The molecule has 0 saturated carbocycles. The van der Waals surface area contributed by atoms with Crippen molar-refractivity contribution in [1.29, 1.82) is 0 Å². The van der Waals surface area contributed by atoms with Crippen molar-refractivity contribution in [3.05, 3.63) is 24.8 Å². The lowest BCUT2D eigenvalue weighted by atomic mass is 10.2. The number of nitrogens with zero attached hydrogens (tertiary/aromatic N) is 1. The predicted molar refractivity (Wildman–Crippen MR) is 51.7 cm³/mol. The van der Waals surface area contributed by atoms with Gasteiger partial charge in [-0.2, -0.15) is 0 Å². The van der Waals surface area contributed by atoms with Gasteiger partial charge in [-0.1, -0.05) is 25.2 Å². The van der Waals surface area contributed by atoms with Crippen LogP contribution in [0.1, 0.15) is 20.8 Å². The van der Waals surface area contributed by atoms with Gasteiger partial charge < -0.3 is 0 Å². The van der Waals surface area contributed by atoms with E-state index in [1.807, 2.05) is 6.08 Å². The van der Waals surface area contributed by atoms with Crippen LogP contribution in [-0.2, 0) is 0 Å². The highest BCUT2D eigenvalue weighted by atomic mass is 15.1. The lowest BCUT2D eigenvalue weighted by Gasteiger charge is -2.23. The molecule has 0 saturated heterocycles. The Bertz CT molecular complexity index is 127. The zero-order valence-electron chi connectivity index (χ0n) is 7.88. The molecule has 0 N–H and O–H groups in total. The van der Waals surface area contributed by atoms with Crippen molar-refractivity contribution >= 4 is 0 Å². The van der Waals surface area contributed by atoms with Crippen molar-refractivity contribution in [3.8, 4) is 0 Å². The van der Waals surface area contributed by atoms with E-state index in [-0.39, 0.29) is 0 Å². The first kappa shape index (κ1) is 10.4. The largest absolute Gasteiger partial charge is 0.294 e. The lowest BCUT2D eigenvalue weighted by Crippen LogP contribution is -2.31. The van der Waals surface area contributed by atoms with Gasteiger partial charge in [0.2, 0.25) is 0 Å². The number of hydrogen-bond acceptors (Lipinski definition) is 1. The summed E-state index contributed by atoms with van der Waals surface area (Å²) in [6.45, 7) is 12.2. The average molecular weight is 153 g/mol. The van der Waals surface area contributed by atoms with Crippen LogP contribution in [0.25, 0.3) is 0 Å². The molecule has 0 aromatic heterocycles. The van der Waals surface area contributed by atoms with E-state index in [2.05, 4.69) is 44.4 Å². The van der Waals surface area contributed by atoms with Crippen LogP contribution in [0.15, 0.2) is 24.8 Å². The lowest BCUT2D eigenvalue weighted by molar-refractivity contribution is 0.282. The molecule has 1 heteroatoms. The molecule has 0 fully saturated rings. The van der Waals surface area contributed by atoms with Crippen LogP contribution in [0, 0.1) is 0 Å². The molecule has 11 heavy (non-hydrogen) atoms. The van der Waals surface area contributed by atoms with E-state index in [4.69, 9.17) is 0 Å². The second kappa shape index (κ2) is 6.17. The van der Waals surface area contributed by atoms with Gasteiger partial charge in [0.1, 0.15) is 0 Å². The van der Waals surface area contributed by atoms with E-state index >= 15 is 0 Å². The third kappa shape index (κ3) is 3.99. The minimum atomic E-state index is 0.531. The SMILES string of the molecule is C=CCN(CC)C(C)/C=C\C. The summed E-state index contributed by atoms with van der Waals surface area (Å²) in [5, 5.41) is 0. The van der Waals surface area contributed by atoms with Crippen molar-refractivity contribution in [2.75, 3.05) is 13.1 Å². The first-order valence-corrected chi connectivity index (χ1v) is 4.24. The Kier molecular flexibility index (Phi) is 5.86. The maximum Gasteiger partial charge on any atom is 0.0252 e. The van der Waals surface area contributed by atoms with E-state index < -0.39 is 0 Å². The molecule has 0 heterocycles. The molecule has 0 aliphatic heterocycles. The molecule has 1 unspecified atom stereocenters. The first-order valence-electron chi connectivity index (χ1n) is 4.24. The molecule has 0 rings (SSSR count). The molecular weight excluding hydrogens is 134 g/mol. The topological polar surface area (TPSA) is 3.24 Å². The summed E-state index contributed by atoms with van der Waals surface area (Å²) in [6, 6.07) is 0.531. The monoisotopic (exact) mass is 153 g/mol. The molecule has 64 valence electrons. The van der Waals surface area contributed by atoms with E-state index in [9.17, 15) is 0 Å². The third-order valence-electron chi connectivity index (χ3n) is 1.82. The van der Waals surface area contributed by atoms with Gasteiger partial charge in [0.15, 0.2) is 0 Å². The van der Waals surface area contributed by atoms with Gasteiger partial charge in [0.25, 0.3) is 0 Å². The summed E-state index contributed by atoms with van der Waals surface area (Å²) >= 11 is 0. The normalized spacial score (nSPS) is 14.2. The molecule has 0 spiro atoms. The minimum Gasteiger partial charge on any atom is -0.294 e. The molecule has 0 radical (unpaired) electrons. The van der Waals surface area contributed by atoms with Crippen LogP contribution in [0.5, 0.6) is 0 Å². The van der Waals surface area contributed by atoms with Crippen molar-refractivity contribution in [2.24, 2.45) is 0 Å². The summed E-state index contributed by atoms with van der Waals surface area (Å²) in [5.41, 5.74) is 0. The molecule has 1 atom stereocenters. The van der Waals surface area contributed by atoms with E-state index in [1.165, 1.54) is 0 Å². The Morgan fingerprint density at radius 2 is 2.18 bits per heavy atom. The van der Waals surface area contributed by atoms with Crippen molar-refractivity contribution in [3.63, 3.8) is 0 Å². The molecule has 0 amide bonds. The molecule has 0 aromatic rings. The van der Waals surface area contributed by atoms with Crippen molar-refractivity contribution in [1.82, 2.24) is 4.90 Å². The van der Waals surface area contributed by atoms with Crippen LogP contribution in [0.2, 0.25) is 0 Å². The van der Waals surface area contributed by atoms with Gasteiger partial charge in [-0.25, -0.2) is 0 Å². The van der Waals surface area contributed by atoms with Crippen LogP contribution >= 0.6 is 0 Å². The number of hydrogen-bond donors (Lipinski definition) is 0. The Hall–Kier alpha value is -0.560. The summed E-state index contributed by atoms with van der Waals surface area (Å²) in [7, 11) is 0. The molecule has 0 bridgehead atoms. The van der Waals surface area contributed by atoms with Crippen LogP contribution in [0.3, 0.4) is 0 Å². The van der Waals surface area contributed by atoms with Crippen LogP contribution in [0.4, 0.5) is 0 Å². The summed E-state index contributed by atoms with van der Waals surface area (Å²) < 4.78 is 0. The Morgan fingerprint density at radius 1 is 1.55 bits per heavy atom. The fourth-order valence-corrected chi connectivity index (χ4v) is 1.15.